The van der Waals surface area contributed by atoms with Crippen molar-refractivity contribution in [1.29, 1.82) is 5.26 Å². The van der Waals surface area contributed by atoms with Gasteiger partial charge in [-0.1, -0.05) is 6.07 Å². The molecule has 5 nitrogen and oxygen atoms in total. The highest BCUT2D eigenvalue weighted by Crippen LogP contribution is 2.49. The number of rotatable bonds is 1. The van der Waals surface area contributed by atoms with Gasteiger partial charge in [-0.3, -0.25) is 0 Å². The van der Waals surface area contributed by atoms with E-state index in [4.69, 9.17) is 5.26 Å². The molecule has 1 aromatic heterocycles. The number of aliphatic hydroxyl groups is 2. The average molecular weight is 259 g/mol. The third-order valence-corrected chi connectivity index (χ3v) is 4.64. The summed E-state index contributed by atoms with van der Waals surface area (Å²) in [5.74, 6) is 0.803. The van der Waals surface area contributed by atoms with Gasteiger partial charge in [0.2, 0.25) is 0 Å². The number of hydrogen-bond acceptors (Lipinski definition) is 5. The van der Waals surface area contributed by atoms with E-state index in [9.17, 15) is 10.2 Å². The molecule has 0 amide bonds. The Bertz CT molecular complexity index is 508. The smallest absolute Gasteiger partial charge is 0.142 e. The van der Waals surface area contributed by atoms with Gasteiger partial charge >= 0.3 is 0 Å². The first-order valence-electron chi connectivity index (χ1n) is 6.64. The molecule has 0 unspecified atom stereocenters. The Labute approximate surface area is 112 Å². The van der Waals surface area contributed by atoms with Gasteiger partial charge in [0.15, 0.2) is 0 Å². The van der Waals surface area contributed by atoms with Gasteiger partial charge in [0, 0.05) is 24.9 Å². The lowest BCUT2D eigenvalue weighted by atomic mass is 9.58. The van der Waals surface area contributed by atoms with Crippen LogP contribution < -0.4 is 4.90 Å². The minimum atomic E-state index is -0.372. The van der Waals surface area contributed by atoms with Crippen LogP contribution in [0, 0.1) is 16.7 Å². The molecular formula is C14H17N3O2. The van der Waals surface area contributed by atoms with Crippen molar-refractivity contribution in [2.24, 2.45) is 5.41 Å². The van der Waals surface area contributed by atoms with Crippen molar-refractivity contribution in [2.45, 2.75) is 31.5 Å². The van der Waals surface area contributed by atoms with Crippen molar-refractivity contribution in [1.82, 2.24) is 4.98 Å². The summed E-state index contributed by atoms with van der Waals surface area (Å²) in [5, 5.41) is 28.7. The summed E-state index contributed by atoms with van der Waals surface area (Å²) in [6.07, 6.45) is 1.30. The normalized spacial score (nSPS) is 28.8. The van der Waals surface area contributed by atoms with Crippen molar-refractivity contribution >= 4 is 5.82 Å². The SMILES string of the molecule is N#Cc1cccc(N2CCC3(CC2)[C@H](O)C[C@@H]3O)n1. The number of anilines is 1. The molecule has 5 heteroatoms. The molecule has 1 aliphatic heterocycles. The van der Waals surface area contributed by atoms with E-state index in [1.54, 1.807) is 6.07 Å². The zero-order valence-corrected chi connectivity index (χ0v) is 10.7. The fourth-order valence-electron chi connectivity index (χ4n) is 3.22. The molecule has 1 saturated carbocycles. The Morgan fingerprint density at radius 1 is 1.26 bits per heavy atom. The third kappa shape index (κ3) is 1.88. The predicted molar refractivity (Wildman–Crippen MR) is 69.5 cm³/mol. The highest BCUT2D eigenvalue weighted by Gasteiger charge is 2.54. The first kappa shape index (κ1) is 12.4. The average Bonchev–Trinajstić information content (AvgIpc) is 2.48. The monoisotopic (exact) mass is 259 g/mol. The maximum atomic E-state index is 9.90. The summed E-state index contributed by atoms with van der Waals surface area (Å²) in [6, 6.07) is 7.46. The Morgan fingerprint density at radius 2 is 1.95 bits per heavy atom. The second-order valence-corrected chi connectivity index (χ2v) is 5.48. The zero-order chi connectivity index (χ0) is 13.5. The van der Waals surface area contributed by atoms with E-state index in [2.05, 4.69) is 9.88 Å². The van der Waals surface area contributed by atoms with Gasteiger partial charge in [0.25, 0.3) is 0 Å². The lowest BCUT2D eigenvalue weighted by Crippen LogP contribution is -2.61. The molecule has 3 rings (SSSR count). The fraction of sp³-hybridized carbons (Fsp3) is 0.571. The van der Waals surface area contributed by atoms with Crippen molar-refractivity contribution in [3.8, 4) is 6.07 Å². The number of piperidine rings is 1. The molecule has 0 aromatic carbocycles. The second kappa shape index (κ2) is 4.48. The minimum absolute atomic E-state index is 0.302. The quantitative estimate of drug-likeness (QED) is 0.774. The zero-order valence-electron chi connectivity index (χ0n) is 10.7. The summed E-state index contributed by atoms with van der Waals surface area (Å²) in [6.45, 7) is 1.52. The first-order valence-corrected chi connectivity index (χ1v) is 6.64. The Kier molecular flexibility index (Phi) is 2.92. The van der Waals surface area contributed by atoms with E-state index in [1.165, 1.54) is 0 Å². The highest BCUT2D eigenvalue weighted by atomic mass is 16.3. The predicted octanol–water partition coefficient (Wildman–Crippen LogP) is 0.665. The summed E-state index contributed by atoms with van der Waals surface area (Å²) >= 11 is 0. The molecule has 0 radical (unpaired) electrons. The maximum absolute atomic E-state index is 9.90. The molecule has 2 N–H and O–H groups in total. The molecule has 2 fully saturated rings. The number of nitriles is 1. The lowest BCUT2D eigenvalue weighted by Gasteiger charge is -2.55. The molecule has 1 aliphatic carbocycles. The lowest BCUT2D eigenvalue weighted by molar-refractivity contribution is -0.177. The molecule has 2 atom stereocenters. The third-order valence-electron chi connectivity index (χ3n) is 4.64. The summed E-state index contributed by atoms with van der Waals surface area (Å²) in [4.78, 5) is 6.40. The van der Waals surface area contributed by atoms with Crippen molar-refractivity contribution in [3.05, 3.63) is 23.9 Å². The number of aromatic nitrogens is 1. The molecule has 19 heavy (non-hydrogen) atoms. The van der Waals surface area contributed by atoms with Crippen LogP contribution in [0.1, 0.15) is 25.0 Å². The second-order valence-electron chi connectivity index (χ2n) is 5.48. The van der Waals surface area contributed by atoms with Crippen LogP contribution >= 0.6 is 0 Å². The molecule has 1 aromatic rings. The van der Waals surface area contributed by atoms with Crippen LogP contribution in [-0.4, -0.2) is 40.5 Å². The van der Waals surface area contributed by atoms with Crippen LogP contribution in [0.2, 0.25) is 0 Å². The topological polar surface area (TPSA) is 80.4 Å². The van der Waals surface area contributed by atoms with E-state index in [1.807, 2.05) is 18.2 Å². The summed E-state index contributed by atoms with van der Waals surface area (Å²) in [7, 11) is 0. The van der Waals surface area contributed by atoms with Gasteiger partial charge < -0.3 is 15.1 Å². The van der Waals surface area contributed by atoms with Crippen molar-refractivity contribution in [3.63, 3.8) is 0 Å². The molecule has 1 saturated heterocycles. The van der Waals surface area contributed by atoms with Gasteiger partial charge in [-0.05, 0) is 25.0 Å². The summed E-state index contributed by atoms with van der Waals surface area (Å²) < 4.78 is 0. The van der Waals surface area contributed by atoms with E-state index >= 15 is 0 Å². The number of pyridine rings is 1. The molecule has 2 aliphatic rings. The van der Waals surface area contributed by atoms with E-state index in [0.717, 1.165) is 31.7 Å². The molecule has 0 bridgehead atoms. The van der Waals surface area contributed by atoms with Crippen LogP contribution in [0.15, 0.2) is 18.2 Å². The van der Waals surface area contributed by atoms with E-state index < -0.39 is 0 Å². The molecule has 100 valence electrons. The number of hydrogen-bond donors (Lipinski definition) is 2. The maximum Gasteiger partial charge on any atom is 0.142 e. The molecular weight excluding hydrogens is 242 g/mol. The van der Waals surface area contributed by atoms with Crippen LogP contribution in [0.4, 0.5) is 5.82 Å². The van der Waals surface area contributed by atoms with Gasteiger partial charge in [-0.2, -0.15) is 5.26 Å². The van der Waals surface area contributed by atoms with Crippen LogP contribution in [0.3, 0.4) is 0 Å². The summed E-state index contributed by atoms with van der Waals surface area (Å²) in [5.41, 5.74) is 0.116. The Morgan fingerprint density at radius 3 is 2.53 bits per heavy atom. The largest absolute Gasteiger partial charge is 0.392 e. The standard InChI is InChI=1S/C14H17N3O2/c15-9-10-2-1-3-13(16-10)17-6-4-14(5-7-17)11(18)8-12(14)19/h1-3,11-12,18-19H,4-8H2/t11-,12+. The van der Waals surface area contributed by atoms with Gasteiger partial charge in [0.1, 0.15) is 17.6 Å². The number of aliphatic hydroxyl groups excluding tert-OH is 2. The van der Waals surface area contributed by atoms with Crippen LogP contribution in [-0.2, 0) is 0 Å². The minimum Gasteiger partial charge on any atom is -0.392 e. The molecule has 2 heterocycles. The van der Waals surface area contributed by atoms with Crippen LogP contribution in [0.5, 0.6) is 0 Å². The van der Waals surface area contributed by atoms with Crippen molar-refractivity contribution in [2.75, 3.05) is 18.0 Å². The first-order chi connectivity index (χ1) is 9.15. The van der Waals surface area contributed by atoms with E-state index in [0.29, 0.717) is 12.1 Å². The van der Waals surface area contributed by atoms with Gasteiger partial charge in [0.05, 0.1) is 12.2 Å². The van der Waals surface area contributed by atoms with E-state index in [-0.39, 0.29) is 17.6 Å². The van der Waals surface area contributed by atoms with Gasteiger partial charge in [-0.15, -0.1) is 0 Å². The Hall–Kier alpha value is -1.64. The number of nitrogens with zero attached hydrogens (tertiary/aromatic N) is 3. The molecule has 1 spiro atoms. The van der Waals surface area contributed by atoms with Gasteiger partial charge in [-0.25, -0.2) is 4.98 Å². The van der Waals surface area contributed by atoms with Crippen molar-refractivity contribution < 1.29 is 10.2 Å². The fourth-order valence-corrected chi connectivity index (χ4v) is 3.22. The Balaban J connectivity index is 1.72. The highest BCUT2D eigenvalue weighted by molar-refractivity contribution is 5.42. The van der Waals surface area contributed by atoms with Crippen LogP contribution in [0.25, 0.3) is 0 Å².